The van der Waals surface area contributed by atoms with E-state index >= 15 is 0 Å². The highest BCUT2D eigenvalue weighted by atomic mass is 32.2. The van der Waals surface area contributed by atoms with Crippen LogP contribution in [-0.4, -0.2) is 72.4 Å². The second-order valence-corrected chi connectivity index (χ2v) is 17.6. The minimum absolute atomic E-state index is 0.125. The largest absolute Gasteiger partial charge is 0.478 e. The third-order valence-corrected chi connectivity index (χ3v) is 10.8. The molecule has 0 saturated carbocycles. The summed E-state index contributed by atoms with van der Waals surface area (Å²) < 4.78 is 77.1. The molecule has 51 heavy (non-hydrogen) atoms. The first kappa shape index (κ1) is 36.2. The number of fused-ring (bicyclic) bond motifs is 4. The Morgan fingerprint density at radius 3 is 2.04 bits per heavy atom. The Hall–Kier alpha value is -4.63. The Morgan fingerprint density at radius 1 is 0.824 bits per heavy atom. The fraction of sp³-hybridized carbons (Fsp3) is 0.324. The van der Waals surface area contributed by atoms with Crippen LogP contribution >= 0.6 is 0 Å². The van der Waals surface area contributed by atoms with Crippen LogP contribution in [-0.2, 0) is 20.2 Å². The van der Waals surface area contributed by atoms with Crippen molar-refractivity contribution in [1.82, 2.24) is 4.58 Å². The van der Waals surface area contributed by atoms with Crippen LogP contribution in [0.15, 0.2) is 54.6 Å². The van der Waals surface area contributed by atoms with Gasteiger partial charge in [0.05, 0.1) is 22.7 Å². The van der Waals surface area contributed by atoms with E-state index in [0.717, 1.165) is 0 Å². The van der Waals surface area contributed by atoms with E-state index in [1.165, 1.54) is 18.2 Å². The van der Waals surface area contributed by atoms with Gasteiger partial charge in [0.1, 0.15) is 30.1 Å². The molecular weight excluding hydrogens is 697 g/mol. The molecule has 0 unspecified atom stereocenters. The van der Waals surface area contributed by atoms with Crippen LogP contribution < -0.4 is 25.2 Å². The smallest absolute Gasteiger partial charge is 0.336 e. The number of ketones is 1. The quantitative estimate of drug-likeness (QED) is 0.115. The number of ether oxygens (including phenoxy) is 1. The molecule has 3 aromatic rings. The average Bonchev–Trinajstić information content (AvgIpc) is 2.98. The molecule has 0 fully saturated rings. The highest BCUT2D eigenvalue weighted by Gasteiger charge is 2.36. The molecule has 14 heteroatoms. The molecule has 6 rings (SSSR count). The van der Waals surface area contributed by atoms with Crippen molar-refractivity contribution in [3.63, 3.8) is 0 Å². The van der Waals surface area contributed by atoms with Crippen LogP contribution in [0.3, 0.4) is 0 Å². The van der Waals surface area contributed by atoms with E-state index < -0.39 is 54.7 Å². The second kappa shape index (κ2) is 12.0. The Kier molecular flexibility index (Phi) is 8.49. The van der Waals surface area contributed by atoms with Crippen molar-refractivity contribution < 1.29 is 45.4 Å². The number of carbonyl (C=O) groups excluding carboxylic acids is 1. The molecule has 12 nitrogen and oxygen atoms in total. The SMILES string of the molecule is CC(C)C(=O)c1ccc(C(=O)O)c(C2=c3cc4c(cc3Oc3cc5c(cc32)C(CS(=O)(=O)O)=CC(C)(C)N5)=[N+](C)C(C)(C)C=C4CS(=O)(=O)O)c1. The molecule has 0 aromatic heterocycles. The molecule has 0 amide bonds. The lowest BCUT2D eigenvalue weighted by Crippen LogP contribution is -2.47. The van der Waals surface area contributed by atoms with Crippen LogP contribution in [0.4, 0.5) is 5.69 Å². The number of hydrogen-bond donors (Lipinski definition) is 4. The summed E-state index contributed by atoms with van der Waals surface area (Å²) in [5.74, 6) is -2.64. The molecule has 0 radical (unpaired) electrons. The number of benzene rings is 3. The van der Waals surface area contributed by atoms with Gasteiger partial charge in [-0.25, -0.2) is 9.37 Å². The molecule has 0 saturated heterocycles. The molecule has 0 spiro atoms. The van der Waals surface area contributed by atoms with E-state index in [1.54, 1.807) is 50.3 Å². The molecular formula is C37H39N2O10S2+. The highest BCUT2D eigenvalue weighted by Crippen LogP contribution is 2.45. The van der Waals surface area contributed by atoms with Gasteiger partial charge in [-0.1, -0.05) is 26.0 Å². The number of hydrogen-bond acceptors (Lipinski definition) is 8. The number of likely N-dealkylation sites (N-methyl/N-ethyl adjacent to an activating group) is 1. The van der Waals surface area contributed by atoms with E-state index in [1.807, 2.05) is 39.3 Å². The summed E-state index contributed by atoms with van der Waals surface area (Å²) in [4.78, 5) is 26.1. The summed E-state index contributed by atoms with van der Waals surface area (Å²) in [7, 11) is -7.11. The monoisotopic (exact) mass is 735 g/mol. The second-order valence-electron chi connectivity index (χ2n) is 14.7. The van der Waals surface area contributed by atoms with Crippen LogP contribution in [0.1, 0.15) is 84.5 Å². The van der Waals surface area contributed by atoms with Gasteiger partial charge in [0.15, 0.2) is 11.3 Å². The number of nitrogens with one attached hydrogen (secondary N) is 1. The number of nitrogens with zero attached hydrogens (tertiary/aromatic N) is 1. The summed E-state index contributed by atoms with van der Waals surface area (Å²) in [5.41, 5.74) is 1.65. The maximum atomic E-state index is 13.3. The Balaban J connectivity index is 1.79. The maximum Gasteiger partial charge on any atom is 0.336 e. The van der Waals surface area contributed by atoms with Crippen molar-refractivity contribution in [2.45, 2.75) is 52.6 Å². The van der Waals surface area contributed by atoms with Gasteiger partial charge in [0.2, 0.25) is 5.36 Å². The molecule has 0 atom stereocenters. The molecule has 3 aliphatic rings. The lowest BCUT2D eigenvalue weighted by atomic mass is 9.83. The number of rotatable bonds is 8. The van der Waals surface area contributed by atoms with Crippen LogP contribution in [0.5, 0.6) is 11.5 Å². The average molecular weight is 736 g/mol. The highest BCUT2D eigenvalue weighted by molar-refractivity contribution is 7.86. The zero-order valence-electron chi connectivity index (χ0n) is 29.2. The molecule has 0 aliphatic carbocycles. The van der Waals surface area contributed by atoms with Crippen molar-refractivity contribution in [1.29, 1.82) is 0 Å². The topological polar surface area (TPSA) is 187 Å². The summed E-state index contributed by atoms with van der Waals surface area (Å²) in [6.07, 6.45) is 3.44. The molecule has 3 heterocycles. The molecule has 3 aromatic carbocycles. The predicted molar refractivity (Wildman–Crippen MR) is 194 cm³/mol. The Bertz CT molecular complexity index is 2510. The van der Waals surface area contributed by atoms with Gasteiger partial charge in [0, 0.05) is 59.0 Å². The van der Waals surface area contributed by atoms with Crippen LogP contribution in [0.2, 0.25) is 0 Å². The van der Waals surface area contributed by atoms with Gasteiger partial charge in [-0.05, 0) is 60.9 Å². The van der Waals surface area contributed by atoms with Gasteiger partial charge < -0.3 is 15.2 Å². The zero-order valence-corrected chi connectivity index (χ0v) is 30.8. The fourth-order valence-corrected chi connectivity index (χ4v) is 8.29. The van der Waals surface area contributed by atoms with Gasteiger partial charge in [0.25, 0.3) is 20.2 Å². The van der Waals surface area contributed by atoms with Crippen molar-refractivity contribution in [2.24, 2.45) is 5.92 Å². The minimum atomic E-state index is -4.47. The molecule has 0 bridgehead atoms. The van der Waals surface area contributed by atoms with Crippen molar-refractivity contribution in [2.75, 3.05) is 23.9 Å². The number of carbonyl (C=O) groups is 2. The fourth-order valence-electron chi connectivity index (χ4n) is 7.03. The van der Waals surface area contributed by atoms with Gasteiger partial charge >= 0.3 is 5.97 Å². The van der Waals surface area contributed by atoms with E-state index in [-0.39, 0.29) is 22.5 Å². The van der Waals surface area contributed by atoms with Crippen LogP contribution in [0.25, 0.3) is 16.7 Å². The summed E-state index contributed by atoms with van der Waals surface area (Å²) >= 11 is 0. The lowest BCUT2D eigenvalue weighted by Gasteiger charge is -2.34. The summed E-state index contributed by atoms with van der Waals surface area (Å²) in [6, 6.07) is 11.1. The van der Waals surface area contributed by atoms with Gasteiger partial charge in [-0.3, -0.25) is 13.9 Å². The van der Waals surface area contributed by atoms with Gasteiger partial charge in [-0.15, -0.1) is 0 Å². The van der Waals surface area contributed by atoms with Crippen LogP contribution in [0, 0.1) is 5.92 Å². The molecule has 3 aliphatic heterocycles. The maximum absolute atomic E-state index is 13.3. The van der Waals surface area contributed by atoms with Gasteiger partial charge in [-0.2, -0.15) is 16.8 Å². The Morgan fingerprint density at radius 2 is 1.45 bits per heavy atom. The Labute approximate surface area is 296 Å². The van der Waals surface area contributed by atoms with E-state index in [0.29, 0.717) is 61.2 Å². The lowest BCUT2D eigenvalue weighted by molar-refractivity contribution is 0.0695. The zero-order chi connectivity index (χ0) is 37.6. The first-order chi connectivity index (χ1) is 23.4. The number of Topliss-reactive ketones (excluding diaryl/α,β-unsaturated/α-hetero) is 1. The van der Waals surface area contributed by atoms with E-state index in [9.17, 15) is 40.6 Å². The number of carboxylic acids is 1. The molecule has 4 N–H and O–H groups in total. The number of anilines is 1. The van der Waals surface area contributed by atoms with Crippen molar-refractivity contribution in [3.05, 3.63) is 98.6 Å². The third-order valence-electron chi connectivity index (χ3n) is 9.42. The predicted octanol–water partition coefficient (Wildman–Crippen LogP) is 4.24. The first-order valence-corrected chi connectivity index (χ1v) is 19.4. The first-order valence-electron chi connectivity index (χ1n) is 16.1. The van der Waals surface area contributed by atoms with E-state index in [2.05, 4.69) is 5.32 Å². The summed E-state index contributed by atoms with van der Waals surface area (Å²) in [5, 5.41) is 14.8. The van der Waals surface area contributed by atoms with Crippen molar-refractivity contribution in [3.8, 4) is 11.5 Å². The summed E-state index contributed by atoms with van der Waals surface area (Å²) in [6.45, 7) is 10.9. The standard InChI is InChI=1S/C37H38N2O10S2/c1-19(2)34(40)20-8-9-23(35(41)42)26(10-20)33-27-11-24-21(17-50(43,44)45)15-36(3,4)38-29(24)13-31(27)49-32-14-30-25(12-28(32)33)22(18-51(46,47)48)16-37(5,6)39(30)7/h8-16,19H,17-18H2,1-7H3,(H3,41,42,43,44,45,46,47,48)/p+1. The number of carboxylic acid groups (broad SMARTS) is 1. The van der Waals surface area contributed by atoms with E-state index in [4.69, 9.17) is 4.74 Å². The van der Waals surface area contributed by atoms with Crippen molar-refractivity contribution >= 4 is 54.4 Å². The minimum Gasteiger partial charge on any atom is -0.478 e. The molecule has 268 valence electrons. The number of aromatic carboxylic acids is 1. The third kappa shape index (κ3) is 6.88. The normalized spacial score (nSPS) is 17.2.